The summed E-state index contributed by atoms with van der Waals surface area (Å²) >= 11 is 7.59. The zero-order valence-corrected chi connectivity index (χ0v) is 12.9. The molecule has 1 aliphatic carbocycles. The van der Waals surface area contributed by atoms with Gasteiger partial charge in [-0.1, -0.05) is 11.6 Å². The Kier molecular flexibility index (Phi) is 3.09. The van der Waals surface area contributed by atoms with Gasteiger partial charge >= 0.3 is 0 Å². The minimum atomic E-state index is 0.454. The van der Waals surface area contributed by atoms with Crippen molar-refractivity contribution in [3.05, 3.63) is 17.2 Å². The minimum Gasteiger partial charge on any atom is -0.378 e. The fraction of sp³-hybridized carbons (Fsp3) is 0.571. The SMILES string of the molecule is CC1CC(Nc2c(Cl)ccc3nsnc23)CN1C1CC1. The molecule has 20 heavy (non-hydrogen) atoms. The summed E-state index contributed by atoms with van der Waals surface area (Å²) in [5, 5.41) is 4.35. The second-order valence-electron chi connectivity index (χ2n) is 5.91. The van der Waals surface area contributed by atoms with Crippen molar-refractivity contribution in [1.82, 2.24) is 13.6 Å². The summed E-state index contributed by atoms with van der Waals surface area (Å²) in [6, 6.07) is 5.77. The fourth-order valence-electron chi connectivity index (χ4n) is 3.24. The molecule has 4 nitrogen and oxygen atoms in total. The molecule has 2 fully saturated rings. The second-order valence-corrected chi connectivity index (χ2v) is 6.84. The van der Waals surface area contributed by atoms with Crippen molar-refractivity contribution in [2.24, 2.45) is 0 Å². The largest absolute Gasteiger partial charge is 0.378 e. The summed E-state index contributed by atoms with van der Waals surface area (Å²) in [6.07, 6.45) is 3.90. The summed E-state index contributed by atoms with van der Waals surface area (Å²) in [5.41, 5.74) is 2.78. The highest BCUT2D eigenvalue weighted by molar-refractivity contribution is 7.00. The van der Waals surface area contributed by atoms with Crippen LogP contribution in [0, 0.1) is 0 Å². The van der Waals surface area contributed by atoms with E-state index in [1.807, 2.05) is 12.1 Å². The second kappa shape index (κ2) is 4.83. The molecule has 2 unspecified atom stereocenters. The van der Waals surface area contributed by atoms with Gasteiger partial charge in [-0.15, -0.1) is 0 Å². The molecule has 6 heteroatoms. The number of anilines is 1. The van der Waals surface area contributed by atoms with Crippen LogP contribution in [0.4, 0.5) is 5.69 Å². The van der Waals surface area contributed by atoms with Gasteiger partial charge in [0.25, 0.3) is 0 Å². The van der Waals surface area contributed by atoms with Gasteiger partial charge in [-0.05, 0) is 38.3 Å². The molecule has 2 aliphatic rings. The topological polar surface area (TPSA) is 41.1 Å². The Bertz CT molecular complexity index is 639. The van der Waals surface area contributed by atoms with Crippen LogP contribution in [0.25, 0.3) is 11.0 Å². The molecule has 2 heterocycles. The van der Waals surface area contributed by atoms with Crippen LogP contribution in [0.3, 0.4) is 0 Å². The van der Waals surface area contributed by atoms with Gasteiger partial charge in [0.05, 0.1) is 22.4 Å². The lowest BCUT2D eigenvalue weighted by Gasteiger charge is -2.20. The normalized spacial score (nSPS) is 27.3. The van der Waals surface area contributed by atoms with Crippen molar-refractivity contribution in [3.63, 3.8) is 0 Å². The molecule has 0 amide bonds. The molecule has 0 radical (unpaired) electrons. The summed E-state index contributed by atoms with van der Waals surface area (Å²) < 4.78 is 8.66. The van der Waals surface area contributed by atoms with Crippen LogP contribution in [0.5, 0.6) is 0 Å². The number of likely N-dealkylation sites (tertiary alicyclic amines) is 1. The molecule has 2 atom stereocenters. The molecule has 106 valence electrons. The first-order chi connectivity index (χ1) is 9.72. The quantitative estimate of drug-likeness (QED) is 0.944. The fourth-order valence-corrected chi connectivity index (χ4v) is 3.99. The van der Waals surface area contributed by atoms with E-state index in [9.17, 15) is 0 Å². The Labute approximate surface area is 127 Å². The summed E-state index contributed by atoms with van der Waals surface area (Å²) in [5.74, 6) is 0. The van der Waals surface area contributed by atoms with Crippen LogP contribution in [0.15, 0.2) is 12.1 Å². The average molecular weight is 309 g/mol. The number of aromatic nitrogens is 2. The van der Waals surface area contributed by atoms with Crippen molar-refractivity contribution in [2.75, 3.05) is 11.9 Å². The Hall–Kier alpha value is -0.910. The summed E-state index contributed by atoms with van der Waals surface area (Å²) in [4.78, 5) is 2.63. The predicted octanol–water partition coefficient (Wildman–Crippen LogP) is 3.38. The third-order valence-corrected chi connectivity index (χ3v) is 5.22. The predicted molar refractivity (Wildman–Crippen MR) is 83.6 cm³/mol. The molecule has 0 bridgehead atoms. The summed E-state index contributed by atoms with van der Waals surface area (Å²) in [6.45, 7) is 3.43. The van der Waals surface area contributed by atoms with E-state index in [4.69, 9.17) is 11.6 Å². The number of hydrogen-bond acceptors (Lipinski definition) is 5. The van der Waals surface area contributed by atoms with E-state index in [0.717, 1.165) is 34.3 Å². The van der Waals surface area contributed by atoms with Crippen LogP contribution in [0.2, 0.25) is 5.02 Å². The maximum Gasteiger partial charge on any atom is 0.129 e. The van der Waals surface area contributed by atoms with Gasteiger partial charge in [-0.3, -0.25) is 4.90 Å². The van der Waals surface area contributed by atoms with Gasteiger partial charge in [-0.2, -0.15) is 8.75 Å². The van der Waals surface area contributed by atoms with Crippen LogP contribution in [-0.4, -0.2) is 38.3 Å². The molecule has 1 saturated carbocycles. The van der Waals surface area contributed by atoms with Crippen LogP contribution in [-0.2, 0) is 0 Å². The smallest absolute Gasteiger partial charge is 0.129 e. The molecular weight excluding hydrogens is 292 g/mol. The van der Waals surface area contributed by atoms with Gasteiger partial charge < -0.3 is 5.32 Å². The molecule has 1 saturated heterocycles. The zero-order chi connectivity index (χ0) is 13.7. The Morgan fingerprint density at radius 3 is 3.00 bits per heavy atom. The van der Waals surface area contributed by atoms with E-state index in [0.29, 0.717) is 12.1 Å². The Morgan fingerprint density at radius 1 is 1.35 bits per heavy atom. The first-order valence-electron chi connectivity index (χ1n) is 7.15. The van der Waals surface area contributed by atoms with Crippen molar-refractivity contribution < 1.29 is 0 Å². The van der Waals surface area contributed by atoms with E-state index in [1.54, 1.807) is 0 Å². The minimum absolute atomic E-state index is 0.454. The molecular formula is C14H17ClN4S. The van der Waals surface area contributed by atoms with Crippen molar-refractivity contribution in [1.29, 1.82) is 0 Å². The molecule has 1 N–H and O–H groups in total. The number of nitrogens with one attached hydrogen (secondary N) is 1. The van der Waals surface area contributed by atoms with E-state index in [1.165, 1.54) is 31.0 Å². The van der Waals surface area contributed by atoms with Crippen LogP contribution < -0.4 is 5.32 Å². The number of rotatable bonds is 3. The zero-order valence-electron chi connectivity index (χ0n) is 11.3. The highest BCUT2D eigenvalue weighted by atomic mass is 35.5. The number of fused-ring (bicyclic) bond motifs is 1. The van der Waals surface area contributed by atoms with Crippen molar-refractivity contribution in [2.45, 2.75) is 44.3 Å². The third kappa shape index (κ3) is 2.18. The van der Waals surface area contributed by atoms with Gasteiger partial charge in [0.2, 0.25) is 0 Å². The number of nitrogens with zero attached hydrogens (tertiary/aromatic N) is 3. The third-order valence-electron chi connectivity index (χ3n) is 4.36. The highest BCUT2D eigenvalue weighted by Crippen LogP contribution is 2.36. The molecule has 1 aliphatic heterocycles. The Morgan fingerprint density at radius 2 is 2.20 bits per heavy atom. The molecule has 1 aromatic carbocycles. The van der Waals surface area contributed by atoms with E-state index >= 15 is 0 Å². The standard InChI is InChI=1S/C14H17ClN4S/c1-8-6-9(7-19(8)10-2-3-10)16-13-11(15)4-5-12-14(13)18-20-17-12/h4-5,8-10,16H,2-3,6-7H2,1H3. The lowest BCUT2D eigenvalue weighted by atomic mass is 10.1. The molecule has 2 aromatic rings. The van der Waals surface area contributed by atoms with Crippen LogP contribution in [0.1, 0.15) is 26.2 Å². The number of hydrogen-bond donors (Lipinski definition) is 1. The van der Waals surface area contributed by atoms with Crippen LogP contribution >= 0.6 is 23.3 Å². The van der Waals surface area contributed by atoms with Crippen molar-refractivity contribution in [3.8, 4) is 0 Å². The van der Waals surface area contributed by atoms with Gasteiger partial charge in [-0.25, -0.2) is 0 Å². The van der Waals surface area contributed by atoms with Gasteiger partial charge in [0.1, 0.15) is 11.0 Å². The van der Waals surface area contributed by atoms with Gasteiger partial charge in [0.15, 0.2) is 0 Å². The van der Waals surface area contributed by atoms with Crippen molar-refractivity contribution >= 4 is 40.0 Å². The average Bonchev–Trinajstić information content (AvgIpc) is 3.04. The van der Waals surface area contributed by atoms with E-state index in [-0.39, 0.29) is 0 Å². The maximum atomic E-state index is 6.35. The number of benzene rings is 1. The molecule has 0 spiro atoms. The maximum absolute atomic E-state index is 6.35. The molecule has 4 rings (SSSR count). The summed E-state index contributed by atoms with van der Waals surface area (Å²) in [7, 11) is 0. The number of halogens is 1. The highest BCUT2D eigenvalue weighted by Gasteiger charge is 2.38. The molecule has 1 aromatic heterocycles. The van der Waals surface area contributed by atoms with E-state index < -0.39 is 0 Å². The monoisotopic (exact) mass is 308 g/mol. The van der Waals surface area contributed by atoms with Gasteiger partial charge in [0, 0.05) is 24.7 Å². The lowest BCUT2D eigenvalue weighted by Crippen LogP contribution is -2.31. The first-order valence-corrected chi connectivity index (χ1v) is 8.26. The first kappa shape index (κ1) is 12.8. The Balaban J connectivity index is 1.58. The lowest BCUT2D eigenvalue weighted by molar-refractivity contribution is 0.257. The van der Waals surface area contributed by atoms with E-state index in [2.05, 4.69) is 25.9 Å².